The first-order valence-corrected chi connectivity index (χ1v) is 23.3. The third kappa shape index (κ3) is 9.92. The van der Waals surface area contributed by atoms with E-state index >= 15 is 0 Å². The first-order valence-electron chi connectivity index (χ1n) is 17.5. The van der Waals surface area contributed by atoms with Gasteiger partial charge in [0.25, 0.3) is 40.5 Å². The van der Waals surface area contributed by atoms with Crippen LogP contribution in [0.2, 0.25) is 0 Å². The van der Waals surface area contributed by atoms with Crippen LogP contribution < -0.4 is 10.6 Å². The number of aromatic nitrogens is 3. The maximum atomic E-state index is 12.2. The molecule has 63 heavy (non-hydrogen) atoms. The zero-order valence-electron chi connectivity index (χ0n) is 32.0. The van der Waals surface area contributed by atoms with E-state index in [2.05, 4.69) is 46.0 Å². The number of aryl methyl sites for hydroxylation is 2. The van der Waals surface area contributed by atoms with Gasteiger partial charge in [0.2, 0.25) is 11.9 Å². The van der Waals surface area contributed by atoms with E-state index in [-0.39, 0.29) is 56.2 Å². The number of hydrogen-bond acceptors (Lipinski definition) is 18. The summed E-state index contributed by atoms with van der Waals surface area (Å²) in [6.45, 7) is 3.32. The molecular formula is C37H29N9O13S4. The van der Waals surface area contributed by atoms with Gasteiger partial charge in [-0.3, -0.25) is 18.2 Å². The van der Waals surface area contributed by atoms with Crippen molar-refractivity contribution in [3.05, 3.63) is 108 Å². The summed E-state index contributed by atoms with van der Waals surface area (Å²) in [5.41, 5.74) is 1.80. The average molecular weight is 936 g/mol. The molecule has 0 spiro atoms. The lowest BCUT2D eigenvalue weighted by molar-refractivity contribution is 0.430. The Hall–Kier alpha value is -6.91. The highest BCUT2D eigenvalue weighted by molar-refractivity contribution is 7.86. The SMILES string of the molecule is Cc1cc(Nc2nc(O)nc(Nc3ccc(/N=N/c4c(S(=O)(=O)O)ccc5cc(S(=O)(=O)O)ccc45)c(C)c3)n2)ccc1/N=N/c1c(S(=O)(=O)O)ccc2cc(S(=O)(=O)O)ccc12. The first-order chi connectivity index (χ1) is 29.4. The molecule has 22 nitrogen and oxygen atoms in total. The summed E-state index contributed by atoms with van der Waals surface area (Å²) < 4.78 is 134. The predicted octanol–water partition coefficient (Wildman–Crippen LogP) is 7.81. The zero-order valence-corrected chi connectivity index (χ0v) is 35.3. The van der Waals surface area contributed by atoms with Crippen molar-refractivity contribution < 1.29 is 57.0 Å². The van der Waals surface area contributed by atoms with Gasteiger partial charge in [0, 0.05) is 22.1 Å². The molecule has 0 aliphatic rings. The number of anilines is 4. The summed E-state index contributed by atoms with van der Waals surface area (Å²) in [5, 5.41) is 33.3. The predicted molar refractivity (Wildman–Crippen MR) is 226 cm³/mol. The van der Waals surface area contributed by atoms with Crippen molar-refractivity contribution in [3.63, 3.8) is 0 Å². The molecule has 7 aromatic rings. The van der Waals surface area contributed by atoms with Gasteiger partial charge >= 0.3 is 6.01 Å². The minimum absolute atomic E-state index is 0.0906. The van der Waals surface area contributed by atoms with Gasteiger partial charge in [-0.05, 0) is 109 Å². The van der Waals surface area contributed by atoms with Crippen molar-refractivity contribution in [2.24, 2.45) is 20.5 Å². The number of nitrogens with one attached hydrogen (secondary N) is 2. The van der Waals surface area contributed by atoms with Gasteiger partial charge in [-0.25, -0.2) is 0 Å². The molecule has 0 unspecified atom stereocenters. The van der Waals surface area contributed by atoms with Crippen molar-refractivity contribution in [1.82, 2.24) is 15.0 Å². The minimum Gasteiger partial charge on any atom is -0.479 e. The molecule has 1 aromatic heterocycles. The van der Waals surface area contributed by atoms with Gasteiger partial charge in [-0.2, -0.15) is 58.9 Å². The van der Waals surface area contributed by atoms with Crippen LogP contribution in [0.1, 0.15) is 11.1 Å². The number of benzene rings is 6. The third-order valence-corrected chi connectivity index (χ3v) is 12.5. The van der Waals surface area contributed by atoms with Gasteiger partial charge in [0.1, 0.15) is 21.2 Å². The highest BCUT2D eigenvalue weighted by atomic mass is 32.2. The van der Waals surface area contributed by atoms with Crippen LogP contribution in [0.3, 0.4) is 0 Å². The lowest BCUT2D eigenvalue weighted by Crippen LogP contribution is -2.03. The van der Waals surface area contributed by atoms with Gasteiger partial charge in [0.15, 0.2) is 0 Å². The average Bonchev–Trinajstić information content (AvgIpc) is 3.17. The van der Waals surface area contributed by atoms with Crippen LogP contribution in [0.15, 0.2) is 137 Å². The van der Waals surface area contributed by atoms with E-state index in [0.29, 0.717) is 22.5 Å². The summed E-state index contributed by atoms with van der Waals surface area (Å²) in [5.74, 6) is -0.181. The molecule has 7 N–H and O–H groups in total. The summed E-state index contributed by atoms with van der Waals surface area (Å²) in [7, 11) is -18.8. The molecule has 26 heteroatoms. The minimum atomic E-state index is -4.81. The number of aromatic hydroxyl groups is 1. The Labute approximate surface area is 357 Å². The summed E-state index contributed by atoms with van der Waals surface area (Å²) in [6.07, 6.45) is 0. The summed E-state index contributed by atoms with van der Waals surface area (Å²) >= 11 is 0. The van der Waals surface area contributed by atoms with Crippen molar-refractivity contribution in [2.75, 3.05) is 10.6 Å². The van der Waals surface area contributed by atoms with E-state index in [4.69, 9.17) is 0 Å². The topological polar surface area (TPSA) is 350 Å². The Balaban J connectivity index is 1.10. The van der Waals surface area contributed by atoms with Gasteiger partial charge in [0.05, 0.1) is 21.2 Å². The highest BCUT2D eigenvalue weighted by Crippen LogP contribution is 2.38. The molecule has 0 aliphatic heterocycles. The van der Waals surface area contributed by atoms with Gasteiger partial charge in [-0.1, -0.05) is 24.3 Å². The molecule has 0 saturated carbocycles. The van der Waals surface area contributed by atoms with Crippen LogP contribution in [0.5, 0.6) is 6.01 Å². The standard InChI is InChI=1S/C37H29N9O13S4/c1-19-15-23(5-11-29(19)43-45-33-27-9-7-25(60(48,49)50)17-21(27)3-13-31(33)62(54,55)56)38-35-40-36(42-37(47)41-35)39-24-6-12-30(20(2)16-24)44-46-34-28-10-8-26(61(51,52)53)18-22(28)4-14-32(34)63(57,58)59/h3-18H,1-2H3,(H,48,49,50)(H,51,52,53)(H,54,55,56)(H,57,58,59)(H3,38,39,40,41,42,47)/b45-43+,46-44+. The number of hydrogen-bond donors (Lipinski definition) is 7. The van der Waals surface area contributed by atoms with E-state index in [1.54, 1.807) is 38.1 Å². The smallest absolute Gasteiger partial charge is 0.320 e. The molecule has 0 aliphatic carbocycles. The van der Waals surface area contributed by atoms with Crippen molar-refractivity contribution in [1.29, 1.82) is 0 Å². The monoisotopic (exact) mass is 935 g/mol. The number of azo groups is 2. The molecule has 0 radical (unpaired) electrons. The lowest BCUT2D eigenvalue weighted by atomic mass is 10.1. The molecule has 0 saturated heterocycles. The van der Waals surface area contributed by atoms with Gasteiger partial charge in [-0.15, -0.1) is 10.2 Å². The molecule has 324 valence electrons. The normalized spacial score (nSPS) is 12.7. The molecule has 1 heterocycles. The summed E-state index contributed by atoms with van der Waals surface area (Å²) in [6, 6.07) is 19.9. The maximum absolute atomic E-state index is 12.2. The van der Waals surface area contributed by atoms with Crippen LogP contribution in [-0.4, -0.2) is 71.9 Å². The van der Waals surface area contributed by atoms with Gasteiger partial charge < -0.3 is 15.7 Å². The first kappa shape index (κ1) is 44.2. The summed E-state index contributed by atoms with van der Waals surface area (Å²) in [4.78, 5) is 10.0. The largest absolute Gasteiger partial charge is 0.479 e. The molecule has 7 rings (SSSR count). The van der Waals surface area contributed by atoms with Crippen LogP contribution >= 0.6 is 0 Å². The number of nitrogens with zero attached hydrogens (tertiary/aromatic N) is 7. The van der Waals surface area contributed by atoms with E-state index in [1.165, 1.54) is 36.4 Å². The van der Waals surface area contributed by atoms with E-state index < -0.39 is 66.1 Å². The second-order valence-electron chi connectivity index (χ2n) is 13.4. The fourth-order valence-electron chi connectivity index (χ4n) is 6.12. The van der Waals surface area contributed by atoms with E-state index in [9.17, 15) is 57.0 Å². The molecule has 0 bridgehead atoms. The fourth-order valence-corrected chi connectivity index (χ4v) is 8.42. The quantitative estimate of drug-likeness (QED) is 0.0453. The Morgan fingerprint density at radius 3 is 1.21 bits per heavy atom. The lowest BCUT2D eigenvalue weighted by Gasteiger charge is -2.11. The Bertz CT molecular complexity index is 3340. The number of fused-ring (bicyclic) bond motifs is 2. The Morgan fingerprint density at radius 2 is 0.857 bits per heavy atom. The van der Waals surface area contributed by atoms with Crippen LogP contribution in [0, 0.1) is 13.8 Å². The Kier molecular flexibility index (Phi) is 11.5. The molecular weight excluding hydrogens is 907 g/mol. The Morgan fingerprint density at radius 1 is 0.460 bits per heavy atom. The molecule has 6 aromatic carbocycles. The van der Waals surface area contributed by atoms with Crippen molar-refractivity contribution in [2.45, 2.75) is 33.4 Å². The number of rotatable bonds is 12. The second-order valence-corrected chi connectivity index (χ2v) is 19.0. The molecule has 0 atom stereocenters. The fraction of sp³-hybridized carbons (Fsp3) is 0.0541. The maximum Gasteiger partial charge on any atom is 0.320 e. The van der Waals surface area contributed by atoms with Crippen LogP contribution in [-0.2, 0) is 40.5 Å². The zero-order chi connectivity index (χ0) is 45.6. The molecule has 0 amide bonds. The van der Waals surface area contributed by atoms with Crippen LogP contribution in [0.4, 0.5) is 46.0 Å². The highest BCUT2D eigenvalue weighted by Gasteiger charge is 2.22. The second kappa shape index (κ2) is 16.4. The van der Waals surface area contributed by atoms with Crippen molar-refractivity contribution >= 4 is 108 Å². The van der Waals surface area contributed by atoms with E-state index in [1.807, 2.05) is 0 Å². The third-order valence-electron chi connectivity index (χ3n) is 9.05. The van der Waals surface area contributed by atoms with E-state index in [0.717, 1.165) is 36.4 Å². The molecule has 0 fully saturated rings. The van der Waals surface area contributed by atoms with Crippen molar-refractivity contribution in [3.8, 4) is 6.01 Å². The van der Waals surface area contributed by atoms with Crippen LogP contribution in [0.25, 0.3) is 21.5 Å².